The van der Waals surface area contributed by atoms with Gasteiger partial charge in [0, 0.05) is 11.5 Å². The Morgan fingerprint density at radius 3 is 2.57 bits per heavy atom. The highest BCUT2D eigenvalue weighted by Crippen LogP contribution is 2.31. The summed E-state index contributed by atoms with van der Waals surface area (Å²) >= 11 is 2.71. The molecule has 2 amide bonds. The van der Waals surface area contributed by atoms with Crippen molar-refractivity contribution in [2.75, 3.05) is 19.5 Å². The number of benzene rings is 2. The zero-order valence-electron chi connectivity index (χ0n) is 15.7. The van der Waals surface area contributed by atoms with Crippen molar-refractivity contribution in [3.05, 3.63) is 64.1 Å². The summed E-state index contributed by atoms with van der Waals surface area (Å²) in [5.41, 5.74) is 3.34. The predicted octanol–water partition coefficient (Wildman–Crippen LogP) is 4.64. The van der Waals surface area contributed by atoms with Crippen molar-refractivity contribution in [3.63, 3.8) is 0 Å². The molecule has 2 aromatic rings. The number of hydrogen-bond donors (Lipinski definition) is 1. The molecule has 0 aliphatic carbocycles. The van der Waals surface area contributed by atoms with Crippen LogP contribution >= 0.6 is 23.5 Å². The maximum absolute atomic E-state index is 11.7. The first-order valence-corrected chi connectivity index (χ1v) is 10.7. The van der Waals surface area contributed by atoms with E-state index in [0.29, 0.717) is 23.0 Å². The van der Waals surface area contributed by atoms with Gasteiger partial charge in [-0.2, -0.15) is 11.8 Å². The van der Waals surface area contributed by atoms with Crippen molar-refractivity contribution in [1.82, 2.24) is 5.32 Å². The minimum Gasteiger partial charge on any atom is -0.493 e. The van der Waals surface area contributed by atoms with Crippen molar-refractivity contribution in [2.24, 2.45) is 0 Å². The molecule has 5 nitrogen and oxygen atoms in total. The standard InChI is InChI=1S/C21H21NO4S2/c1-14-3-5-15(6-4-14)13-27-10-9-26-17-8-7-16(11-18(17)25-2)12-19-20(23)22-21(24)28-19/h3-8,11-12H,9-10,13H2,1-2H3,(H,22,23,24)/b19-12+. The topological polar surface area (TPSA) is 64.6 Å². The number of thioether (sulfide) groups is 2. The van der Waals surface area contributed by atoms with Crippen LogP contribution in [0.2, 0.25) is 0 Å². The normalized spacial score (nSPS) is 15.0. The van der Waals surface area contributed by atoms with E-state index < -0.39 is 0 Å². The number of imide groups is 1. The van der Waals surface area contributed by atoms with Gasteiger partial charge in [0.2, 0.25) is 0 Å². The maximum Gasteiger partial charge on any atom is 0.290 e. The van der Waals surface area contributed by atoms with Crippen LogP contribution in [-0.2, 0) is 10.5 Å². The summed E-state index contributed by atoms with van der Waals surface area (Å²) in [7, 11) is 1.58. The zero-order valence-corrected chi connectivity index (χ0v) is 17.3. The molecule has 1 saturated heterocycles. The third kappa shape index (κ3) is 5.56. The average Bonchev–Trinajstić information content (AvgIpc) is 3.00. The Morgan fingerprint density at radius 1 is 1.11 bits per heavy atom. The van der Waals surface area contributed by atoms with Crippen molar-refractivity contribution < 1.29 is 19.1 Å². The molecular formula is C21H21NO4S2. The van der Waals surface area contributed by atoms with Crippen LogP contribution < -0.4 is 14.8 Å². The third-order valence-electron chi connectivity index (χ3n) is 4.00. The first-order chi connectivity index (χ1) is 13.5. The third-order valence-corrected chi connectivity index (χ3v) is 5.81. The minimum atomic E-state index is -0.375. The summed E-state index contributed by atoms with van der Waals surface area (Å²) in [6.07, 6.45) is 1.66. The van der Waals surface area contributed by atoms with Gasteiger partial charge in [0.1, 0.15) is 0 Å². The van der Waals surface area contributed by atoms with Crippen LogP contribution in [0.15, 0.2) is 47.4 Å². The largest absolute Gasteiger partial charge is 0.493 e. The summed E-state index contributed by atoms with van der Waals surface area (Å²) in [5, 5.41) is 1.88. The zero-order chi connectivity index (χ0) is 19.9. The highest BCUT2D eigenvalue weighted by atomic mass is 32.2. The molecule has 0 spiro atoms. The van der Waals surface area contributed by atoms with Crippen LogP contribution in [-0.4, -0.2) is 30.6 Å². The monoisotopic (exact) mass is 415 g/mol. The Hall–Kier alpha value is -2.38. The lowest BCUT2D eigenvalue weighted by Crippen LogP contribution is -2.17. The molecule has 0 saturated carbocycles. The van der Waals surface area contributed by atoms with Crippen molar-refractivity contribution >= 4 is 40.7 Å². The van der Waals surface area contributed by atoms with E-state index in [-0.39, 0.29) is 11.1 Å². The second-order valence-corrected chi connectivity index (χ2v) is 8.27. The molecule has 0 radical (unpaired) electrons. The molecule has 28 heavy (non-hydrogen) atoms. The average molecular weight is 416 g/mol. The van der Waals surface area contributed by atoms with E-state index in [4.69, 9.17) is 9.47 Å². The number of nitrogens with one attached hydrogen (secondary N) is 1. The highest BCUT2D eigenvalue weighted by Gasteiger charge is 2.25. The Bertz CT molecular complexity index is 894. The molecule has 2 aromatic carbocycles. The van der Waals surface area contributed by atoms with Gasteiger partial charge in [-0.25, -0.2) is 0 Å². The molecule has 1 aliphatic rings. The van der Waals surface area contributed by atoms with Crippen LogP contribution in [0, 0.1) is 6.92 Å². The first kappa shape index (κ1) is 20.4. The lowest BCUT2D eigenvalue weighted by atomic mass is 10.2. The molecule has 1 heterocycles. The van der Waals surface area contributed by atoms with Gasteiger partial charge in [-0.05, 0) is 48.0 Å². The molecule has 1 aliphatic heterocycles. The van der Waals surface area contributed by atoms with Crippen LogP contribution in [0.1, 0.15) is 16.7 Å². The quantitative estimate of drug-likeness (QED) is 0.501. The SMILES string of the molecule is COc1cc(/C=C2/SC(=O)NC2=O)ccc1OCCSCc1ccc(C)cc1. The fourth-order valence-corrected chi connectivity index (χ4v) is 4.01. The van der Waals surface area contributed by atoms with E-state index in [1.54, 1.807) is 19.3 Å². The lowest BCUT2D eigenvalue weighted by molar-refractivity contribution is -0.115. The minimum absolute atomic E-state index is 0.355. The first-order valence-electron chi connectivity index (χ1n) is 8.74. The molecule has 0 aromatic heterocycles. The number of carbonyl (C=O) groups excluding carboxylic acids is 2. The van der Waals surface area contributed by atoms with Crippen molar-refractivity contribution in [2.45, 2.75) is 12.7 Å². The number of aryl methyl sites for hydroxylation is 1. The molecule has 0 unspecified atom stereocenters. The lowest BCUT2D eigenvalue weighted by Gasteiger charge is -2.11. The Morgan fingerprint density at radius 2 is 1.89 bits per heavy atom. The van der Waals surface area contributed by atoms with E-state index in [9.17, 15) is 9.59 Å². The number of hydrogen-bond acceptors (Lipinski definition) is 6. The summed E-state index contributed by atoms with van der Waals surface area (Å²) in [6.45, 7) is 2.65. The molecule has 0 atom stereocenters. The van der Waals surface area contributed by atoms with Gasteiger partial charge >= 0.3 is 0 Å². The van der Waals surface area contributed by atoms with Crippen LogP contribution in [0.3, 0.4) is 0 Å². The molecular weight excluding hydrogens is 394 g/mol. The highest BCUT2D eigenvalue weighted by molar-refractivity contribution is 8.18. The molecule has 1 N–H and O–H groups in total. The van der Waals surface area contributed by atoms with E-state index in [1.165, 1.54) is 11.1 Å². The Kier molecular flexibility index (Phi) is 7.06. The van der Waals surface area contributed by atoms with Crippen LogP contribution in [0.5, 0.6) is 11.5 Å². The summed E-state index contributed by atoms with van der Waals surface area (Å²) < 4.78 is 11.2. The number of methoxy groups -OCH3 is 1. The van der Waals surface area contributed by atoms with Crippen LogP contribution in [0.25, 0.3) is 6.08 Å². The number of ether oxygens (including phenoxy) is 2. The molecule has 3 rings (SSSR count). The van der Waals surface area contributed by atoms with Gasteiger partial charge in [-0.1, -0.05) is 35.9 Å². The van der Waals surface area contributed by atoms with Gasteiger partial charge in [0.15, 0.2) is 11.5 Å². The van der Waals surface area contributed by atoms with E-state index in [2.05, 4.69) is 36.5 Å². The van der Waals surface area contributed by atoms with E-state index >= 15 is 0 Å². The van der Waals surface area contributed by atoms with Gasteiger partial charge in [-0.15, -0.1) is 0 Å². The Balaban J connectivity index is 1.52. The Labute approximate surface area is 172 Å². The number of amides is 2. The smallest absolute Gasteiger partial charge is 0.290 e. The summed E-state index contributed by atoms with van der Waals surface area (Å²) in [5.74, 6) is 2.68. The predicted molar refractivity (Wildman–Crippen MR) is 115 cm³/mol. The second-order valence-electron chi connectivity index (χ2n) is 6.15. The fourth-order valence-electron chi connectivity index (χ4n) is 2.55. The number of rotatable bonds is 8. The van der Waals surface area contributed by atoms with Gasteiger partial charge in [0.25, 0.3) is 11.1 Å². The van der Waals surface area contributed by atoms with Gasteiger partial charge in [-0.3, -0.25) is 14.9 Å². The number of carbonyl (C=O) groups is 2. The molecule has 0 bridgehead atoms. The second kappa shape index (κ2) is 9.71. The summed E-state index contributed by atoms with van der Waals surface area (Å²) in [4.78, 5) is 23.3. The summed E-state index contributed by atoms with van der Waals surface area (Å²) in [6, 6.07) is 14.0. The van der Waals surface area contributed by atoms with E-state index in [0.717, 1.165) is 28.8 Å². The van der Waals surface area contributed by atoms with Crippen LogP contribution in [0.4, 0.5) is 4.79 Å². The molecule has 1 fully saturated rings. The maximum atomic E-state index is 11.7. The van der Waals surface area contributed by atoms with Crippen molar-refractivity contribution in [1.29, 1.82) is 0 Å². The molecule has 146 valence electrons. The molecule has 7 heteroatoms. The fraction of sp³-hybridized carbons (Fsp3) is 0.238. The van der Waals surface area contributed by atoms with E-state index in [1.807, 2.05) is 23.9 Å². The van der Waals surface area contributed by atoms with Crippen molar-refractivity contribution in [3.8, 4) is 11.5 Å². The van der Waals surface area contributed by atoms with Gasteiger partial charge < -0.3 is 9.47 Å². The van der Waals surface area contributed by atoms with Gasteiger partial charge in [0.05, 0.1) is 18.6 Å².